The number of nitrogens with zero attached hydrogens (tertiary/aromatic N) is 3. The van der Waals surface area contributed by atoms with Crippen LogP contribution in [0.1, 0.15) is 55.8 Å². The van der Waals surface area contributed by atoms with Crippen LogP contribution in [0, 0.1) is 5.92 Å². The lowest BCUT2D eigenvalue weighted by Crippen LogP contribution is -2.63. The molecule has 2 fully saturated rings. The Morgan fingerprint density at radius 2 is 1.70 bits per heavy atom. The van der Waals surface area contributed by atoms with Crippen LogP contribution < -0.4 is 5.32 Å². The minimum Gasteiger partial charge on any atom is -0.381 e. The van der Waals surface area contributed by atoms with E-state index in [4.69, 9.17) is 16.3 Å². The van der Waals surface area contributed by atoms with Crippen LogP contribution in [-0.4, -0.2) is 84.5 Å². The summed E-state index contributed by atoms with van der Waals surface area (Å²) in [5.41, 5.74) is 3.57. The second-order valence-corrected chi connectivity index (χ2v) is 12.4. The number of ether oxygens (including phenoxy) is 1. The van der Waals surface area contributed by atoms with Gasteiger partial charge in [0.15, 0.2) is 0 Å². The van der Waals surface area contributed by atoms with E-state index in [0.717, 1.165) is 51.3 Å². The Morgan fingerprint density at radius 3 is 2.38 bits per heavy atom. The van der Waals surface area contributed by atoms with E-state index >= 15 is 0 Å². The van der Waals surface area contributed by atoms with Gasteiger partial charge in [0.05, 0.1) is 0 Å². The number of fused-ring (bicyclic) bond motifs is 1. The topological polar surface area (TPSA) is 65.1 Å². The van der Waals surface area contributed by atoms with Gasteiger partial charge in [0.25, 0.3) is 0 Å². The van der Waals surface area contributed by atoms with Crippen molar-refractivity contribution in [3.05, 3.63) is 70.2 Å². The fourth-order valence-electron chi connectivity index (χ4n) is 6.95. The van der Waals surface area contributed by atoms with Crippen LogP contribution in [0.5, 0.6) is 0 Å². The molecule has 3 aliphatic rings. The van der Waals surface area contributed by atoms with E-state index in [9.17, 15) is 9.59 Å². The molecule has 1 unspecified atom stereocenters. The Labute approximate surface area is 243 Å². The van der Waals surface area contributed by atoms with Crippen LogP contribution in [0.4, 0.5) is 0 Å². The van der Waals surface area contributed by atoms with E-state index < -0.39 is 6.04 Å². The molecule has 2 atom stereocenters. The Morgan fingerprint density at radius 1 is 1.02 bits per heavy atom. The van der Waals surface area contributed by atoms with Gasteiger partial charge >= 0.3 is 0 Å². The number of piperazine rings is 1. The molecule has 2 aromatic carbocycles. The Bertz CT molecular complexity index is 1170. The van der Waals surface area contributed by atoms with E-state index in [2.05, 4.69) is 48.1 Å². The first kappa shape index (κ1) is 29.1. The lowest BCUT2D eigenvalue weighted by Gasteiger charge is -2.52. The van der Waals surface area contributed by atoms with Crippen LogP contribution in [0.3, 0.4) is 0 Å². The second-order valence-electron chi connectivity index (χ2n) is 12.0. The minimum atomic E-state index is -0.621. The summed E-state index contributed by atoms with van der Waals surface area (Å²) in [6, 6.07) is 15.2. The Balaban J connectivity index is 1.27. The van der Waals surface area contributed by atoms with Gasteiger partial charge in [0, 0.05) is 75.4 Å². The number of benzene rings is 2. The lowest BCUT2D eigenvalue weighted by molar-refractivity contribution is -0.140. The summed E-state index contributed by atoms with van der Waals surface area (Å²) in [5, 5.41) is 3.79. The number of nitrogens with one attached hydrogen (secondary N) is 1. The zero-order valence-electron chi connectivity index (χ0n) is 24.1. The molecule has 1 N–H and O–H groups in total. The van der Waals surface area contributed by atoms with Crippen molar-refractivity contribution in [2.24, 2.45) is 5.92 Å². The molecule has 0 aromatic heterocycles. The highest BCUT2D eigenvalue weighted by atomic mass is 35.5. The third-order valence-electron chi connectivity index (χ3n) is 9.39. The zero-order chi connectivity index (χ0) is 28.3. The predicted octanol–water partition coefficient (Wildman–Crippen LogP) is 4.29. The summed E-state index contributed by atoms with van der Waals surface area (Å²) < 4.78 is 5.69. The monoisotopic (exact) mass is 566 g/mol. The number of hydrogen-bond acceptors (Lipinski definition) is 5. The summed E-state index contributed by atoms with van der Waals surface area (Å²) in [7, 11) is 2.05. The SMILES string of the molecule is CC(C)C1(N2CCN(C(=O)[C@@H](Cc3ccc(Cl)cc3)NC(=O)CC3c4ccccc4CN3C)CC2)CCOCC1. The molecular weight excluding hydrogens is 524 g/mol. The van der Waals surface area contributed by atoms with Crippen LogP contribution in [0.15, 0.2) is 48.5 Å². The van der Waals surface area contributed by atoms with Gasteiger partial charge in [-0.25, -0.2) is 0 Å². The molecule has 40 heavy (non-hydrogen) atoms. The number of carbonyl (C=O) groups excluding carboxylic acids is 2. The molecule has 2 saturated heterocycles. The van der Waals surface area contributed by atoms with Gasteiger partial charge in [0.1, 0.15) is 6.04 Å². The second kappa shape index (κ2) is 12.6. The molecular formula is C32H43ClN4O3. The van der Waals surface area contributed by atoms with Gasteiger partial charge in [-0.15, -0.1) is 0 Å². The fourth-order valence-corrected chi connectivity index (χ4v) is 7.07. The molecule has 0 aliphatic carbocycles. The van der Waals surface area contributed by atoms with Crippen molar-refractivity contribution in [1.29, 1.82) is 0 Å². The summed E-state index contributed by atoms with van der Waals surface area (Å²) in [6.07, 6.45) is 2.83. The highest BCUT2D eigenvalue weighted by molar-refractivity contribution is 6.30. The normalized spacial score (nSPS) is 22.2. The molecule has 0 spiro atoms. The standard InChI is InChI=1S/C32H43ClN4O3/c1-23(2)32(12-18-40-19-13-32)37-16-14-36(15-17-37)31(39)28(20-24-8-10-26(33)11-9-24)34-30(38)21-29-27-7-5-4-6-25(27)22-35(29)3/h4-11,23,28-29H,12-22H2,1-3H3,(H,34,38)/t28-,29?/m1/s1. The van der Waals surface area contributed by atoms with E-state index in [0.29, 0.717) is 36.9 Å². The van der Waals surface area contributed by atoms with Gasteiger partial charge in [-0.2, -0.15) is 0 Å². The van der Waals surface area contributed by atoms with Crippen molar-refractivity contribution < 1.29 is 14.3 Å². The van der Waals surface area contributed by atoms with Crippen molar-refractivity contribution in [1.82, 2.24) is 20.0 Å². The van der Waals surface area contributed by atoms with Gasteiger partial charge in [-0.3, -0.25) is 19.4 Å². The number of halogens is 1. The van der Waals surface area contributed by atoms with Gasteiger partial charge in [0.2, 0.25) is 11.8 Å². The summed E-state index contributed by atoms with van der Waals surface area (Å²) in [6.45, 7) is 10.1. The van der Waals surface area contributed by atoms with Crippen molar-refractivity contribution >= 4 is 23.4 Å². The quantitative estimate of drug-likeness (QED) is 0.516. The number of amides is 2. The molecule has 3 aliphatic heterocycles. The lowest BCUT2D eigenvalue weighted by atomic mass is 9.77. The molecule has 7 nitrogen and oxygen atoms in total. The molecule has 0 saturated carbocycles. The van der Waals surface area contributed by atoms with Crippen molar-refractivity contribution in [3.8, 4) is 0 Å². The molecule has 0 radical (unpaired) electrons. The molecule has 2 amide bonds. The van der Waals surface area contributed by atoms with E-state index in [1.165, 1.54) is 11.1 Å². The van der Waals surface area contributed by atoms with E-state index in [1.807, 2.05) is 41.3 Å². The summed E-state index contributed by atoms with van der Waals surface area (Å²) in [5.74, 6) is 0.420. The maximum Gasteiger partial charge on any atom is 0.245 e. The highest BCUT2D eigenvalue weighted by Crippen LogP contribution is 2.36. The number of carbonyl (C=O) groups is 2. The fraction of sp³-hybridized carbons (Fsp3) is 0.562. The van der Waals surface area contributed by atoms with Crippen LogP contribution in [0.2, 0.25) is 5.02 Å². The van der Waals surface area contributed by atoms with Gasteiger partial charge < -0.3 is 15.0 Å². The average Bonchev–Trinajstić information content (AvgIpc) is 3.28. The highest BCUT2D eigenvalue weighted by Gasteiger charge is 2.43. The maximum absolute atomic E-state index is 13.9. The third kappa shape index (κ3) is 6.23. The number of hydrogen-bond donors (Lipinski definition) is 1. The maximum atomic E-state index is 13.9. The molecule has 0 bridgehead atoms. The third-order valence-corrected chi connectivity index (χ3v) is 9.64. The van der Waals surface area contributed by atoms with Crippen LogP contribution >= 0.6 is 11.6 Å². The predicted molar refractivity (Wildman–Crippen MR) is 158 cm³/mol. The molecule has 2 aromatic rings. The number of rotatable bonds is 8. The average molecular weight is 567 g/mol. The van der Waals surface area contributed by atoms with Gasteiger partial charge in [-0.05, 0) is 54.6 Å². The summed E-state index contributed by atoms with van der Waals surface area (Å²) in [4.78, 5) is 34.1. The zero-order valence-corrected chi connectivity index (χ0v) is 24.8. The first-order valence-electron chi connectivity index (χ1n) is 14.7. The smallest absolute Gasteiger partial charge is 0.245 e. The van der Waals surface area contributed by atoms with Crippen molar-refractivity contribution in [2.45, 2.75) is 63.7 Å². The first-order chi connectivity index (χ1) is 19.3. The molecule has 8 heteroatoms. The molecule has 5 rings (SSSR count). The van der Waals surface area contributed by atoms with E-state index in [1.54, 1.807) is 0 Å². The van der Waals surface area contributed by atoms with Crippen molar-refractivity contribution in [3.63, 3.8) is 0 Å². The molecule has 216 valence electrons. The van der Waals surface area contributed by atoms with Crippen LogP contribution in [-0.2, 0) is 27.3 Å². The van der Waals surface area contributed by atoms with Gasteiger partial charge in [-0.1, -0.05) is 61.8 Å². The molecule has 3 heterocycles. The first-order valence-corrected chi connectivity index (χ1v) is 15.1. The Kier molecular flexibility index (Phi) is 9.15. The van der Waals surface area contributed by atoms with E-state index in [-0.39, 0.29) is 23.4 Å². The Hall–Kier alpha value is -2.45. The summed E-state index contributed by atoms with van der Waals surface area (Å²) >= 11 is 6.12. The van der Waals surface area contributed by atoms with Crippen molar-refractivity contribution in [2.75, 3.05) is 46.4 Å². The largest absolute Gasteiger partial charge is 0.381 e. The minimum absolute atomic E-state index is 0.00583. The van der Waals surface area contributed by atoms with Crippen LogP contribution in [0.25, 0.3) is 0 Å².